The van der Waals surface area contributed by atoms with Crippen LogP contribution in [0, 0.1) is 5.41 Å². The highest BCUT2D eigenvalue weighted by atomic mass is 32.2. The lowest BCUT2D eigenvalue weighted by Crippen LogP contribution is -2.60. The average molecular weight is 462 g/mol. The van der Waals surface area contributed by atoms with Crippen LogP contribution in [0.1, 0.15) is 45.5 Å². The summed E-state index contributed by atoms with van der Waals surface area (Å²) < 4.78 is 18.1. The first kappa shape index (κ1) is 23.4. The van der Waals surface area contributed by atoms with Gasteiger partial charge in [-0.3, -0.25) is 9.79 Å². The highest BCUT2D eigenvalue weighted by Crippen LogP contribution is 2.39. The standard InChI is InChI=1S/C24H31NO6S/c1-13(18-15(26)10-24(2,3)11-16(18)27)25-19-20(28)21-17(30-23(19)32-4)12-29-22(31-21)14-8-6-5-7-9-14/h5-9,17,19-23,26,28H,10-12H2,1-4H3/t17-,19-,20-,21-,22?,23+/m1/s1. The van der Waals surface area contributed by atoms with Gasteiger partial charge in [-0.2, -0.15) is 0 Å². The number of aliphatic hydroxyl groups is 2. The van der Waals surface area contributed by atoms with Crippen LogP contribution in [0.25, 0.3) is 0 Å². The predicted molar refractivity (Wildman–Crippen MR) is 123 cm³/mol. The molecule has 8 heteroatoms. The first-order valence-corrected chi connectivity index (χ1v) is 12.2. The van der Waals surface area contributed by atoms with Crippen molar-refractivity contribution < 1.29 is 29.2 Å². The number of thioether (sulfide) groups is 1. The molecule has 0 bridgehead atoms. The van der Waals surface area contributed by atoms with Crippen molar-refractivity contribution >= 4 is 23.3 Å². The number of fused-ring (bicyclic) bond motifs is 1. The number of rotatable bonds is 4. The van der Waals surface area contributed by atoms with Crippen LogP contribution in [0.3, 0.4) is 0 Å². The van der Waals surface area contributed by atoms with E-state index in [1.165, 1.54) is 11.8 Å². The van der Waals surface area contributed by atoms with E-state index in [1.54, 1.807) is 6.92 Å². The van der Waals surface area contributed by atoms with Gasteiger partial charge in [-0.25, -0.2) is 0 Å². The molecule has 3 aliphatic rings. The number of aliphatic imine (C=N–C) groups is 1. The molecule has 2 N–H and O–H groups in total. The van der Waals surface area contributed by atoms with E-state index in [9.17, 15) is 15.0 Å². The Morgan fingerprint density at radius 1 is 1.19 bits per heavy atom. The Labute approximate surface area is 192 Å². The van der Waals surface area contributed by atoms with Gasteiger partial charge in [0.15, 0.2) is 12.1 Å². The molecule has 0 amide bonds. The smallest absolute Gasteiger partial charge is 0.184 e. The second-order valence-electron chi connectivity index (χ2n) is 9.41. The molecule has 1 aromatic rings. The minimum Gasteiger partial charge on any atom is -0.511 e. The maximum atomic E-state index is 12.7. The second kappa shape index (κ2) is 9.27. The van der Waals surface area contributed by atoms with Crippen molar-refractivity contribution in [3.63, 3.8) is 0 Å². The first-order chi connectivity index (χ1) is 15.2. The number of carbonyl (C=O) groups excluding carboxylic acids is 1. The zero-order chi connectivity index (χ0) is 23.0. The number of hydrogen-bond donors (Lipinski definition) is 2. The number of ketones is 1. The minimum atomic E-state index is -0.950. The van der Waals surface area contributed by atoms with Gasteiger partial charge in [0.25, 0.3) is 0 Å². The van der Waals surface area contributed by atoms with Crippen molar-refractivity contribution in [2.24, 2.45) is 10.4 Å². The summed E-state index contributed by atoms with van der Waals surface area (Å²) in [5.74, 6) is -0.0694. The number of nitrogens with zero attached hydrogens (tertiary/aromatic N) is 1. The molecule has 2 fully saturated rings. The molecule has 2 heterocycles. The first-order valence-electron chi connectivity index (χ1n) is 10.9. The molecule has 32 heavy (non-hydrogen) atoms. The fourth-order valence-electron chi connectivity index (χ4n) is 4.68. The fourth-order valence-corrected chi connectivity index (χ4v) is 5.43. The van der Waals surface area contributed by atoms with Gasteiger partial charge in [0.05, 0.1) is 12.2 Å². The van der Waals surface area contributed by atoms with E-state index >= 15 is 0 Å². The zero-order valence-corrected chi connectivity index (χ0v) is 19.7. The molecule has 0 spiro atoms. The van der Waals surface area contributed by atoms with Gasteiger partial charge in [0, 0.05) is 24.1 Å². The van der Waals surface area contributed by atoms with E-state index in [1.807, 2.05) is 50.4 Å². The lowest BCUT2D eigenvalue weighted by Gasteiger charge is -2.46. The normalized spacial score (nSPS) is 35.5. The topological polar surface area (TPSA) is 97.6 Å². The molecule has 4 rings (SSSR count). The molecule has 0 aromatic heterocycles. The molecular formula is C24H31NO6S. The van der Waals surface area contributed by atoms with Gasteiger partial charge >= 0.3 is 0 Å². The number of carbonyl (C=O) groups is 1. The van der Waals surface area contributed by atoms with Crippen molar-refractivity contribution in [2.75, 3.05) is 12.9 Å². The minimum absolute atomic E-state index is 0.0590. The Morgan fingerprint density at radius 2 is 1.91 bits per heavy atom. The number of benzene rings is 1. The number of ether oxygens (including phenoxy) is 3. The summed E-state index contributed by atoms with van der Waals surface area (Å²) in [5.41, 5.74) is 0.829. The quantitative estimate of drug-likeness (QED) is 0.662. The van der Waals surface area contributed by atoms with Crippen molar-refractivity contribution in [3.05, 3.63) is 47.2 Å². The highest BCUT2D eigenvalue weighted by Gasteiger charge is 2.49. The van der Waals surface area contributed by atoms with Crippen molar-refractivity contribution in [2.45, 2.75) is 69.7 Å². The van der Waals surface area contributed by atoms with Crippen molar-refractivity contribution in [3.8, 4) is 0 Å². The van der Waals surface area contributed by atoms with E-state index in [-0.39, 0.29) is 22.5 Å². The van der Waals surface area contributed by atoms with Crippen LogP contribution in [0.4, 0.5) is 0 Å². The predicted octanol–water partition coefficient (Wildman–Crippen LogP) is 3.58. The summed E-state index contributed by atoms with van der Waals surface area (Å²) in [7, 11) is 0. The SMILES string of the molecule is CS[C@@H]1O[C@@H]2COC(c3ccccc3)O[C@H]2[C@H](O)[C@H]1N=C(C)C1=C(O)CC(C)(C)CC1=O. The number of hydrogen-bond acceptors (Lipinski definition) is 8. The molecule has 0 radical (unpaired) electrons. The molecule has 1 aliphatic carbocycles. The summed E-state index contributed by atoms with van der Waals surface area (Å²) in [6.45, 7) is 5.92. The summed E-state index contributed by atoms with van der Waals surface area (Å²) >= 11 is 1.44. The molecule has 7 nitrogen and oxygen atoms in total. The van der Waals surface area contributed by atoms with E-state index in [2.05, 4.69) is 0 Å². The van der Waals surface area contributed by atoms with Crippen LogP contribution < -0.4 is 0 Å². The summed E-state index contributed by atoms with van der Waals surface area (Å²) in [5, 5.41) is 21.8. The molecule has 6 atom stereocenters. The Bertz CT molecular complexity index is 914. The lowest BCUT2D eigenvalue weighted by atomic mass is 9.75. The summed E-state index contributed by atoms with van der Waals surface area (Å²) in [4.78, 5) is 17.4. The van der Waals surface area contributed by atoms with Crippen LogP contribution in [0.15, 0.2) is 46.7 Å². The number of allylic oxidation sites excluding steroid dienone is 2. The molecule has 174 valence electrons. The fraction of sp³-hybridized carbons (Fsp3) is 0.583. The molecular weight excluding hydrogens is 430 g/mol. The van der Waals surface area contributed by atoms with E-state index in [0.717, 1.165) is 5.56 Å². The third-order valence-corrected chi connectivity index (χ3v) is 7.05. The monoisotopic (exact) mass is 461 g/mol. The molecule has 1 unspecified atom stereocenters. The third-order valence-electron chi connectivity index (χ3n) is 6.19. The summed E-state index contributed by atoms with van der Waals surface area (Å²) in [6, 6.07) is 8.91. The molecule has 2 aliphatic heterocycles. The van der Waals surface area contributed by atoms with Gasteiger partial charge < -0.3 is 24.4 Å². The molecule has 2 saturated heterocycles. The van der Waals surface area contributed by atoms with Crippen LogP contribution in [-0.4, -0.2) is 64.4 Å². The number of Topliss-reactive ketones (excluding diaryl/α,β-unsaturated/α-hetero) is 1. The highest BCUT2D eigenvalue weighted by molar-refractivity contribution is 7.99. The van der Waals surface area contributed by atoms with Crippen LogP contribution >= 0.6 is 11.8 Å². The van der Waals surface area contributed by atoms with Gasteiger partial charge in [0.2, 0.25) is 0 Å². The van der Waals surface area contributed by atoms with E-state index in [0.29, 0.717) is 25.2 Å². The Morgan fingerprint density at radius 3 is 2.56 bits per heavy atom. The van der Waals surface area contributed by atoms with Gasteiger partial charge in [-0.1, -0.05) is 44.2 Å². The largest absolute Gasteiger partial charge is 0.511 e. The second-order valence-corrected chi connectivity index (χ2v) is 10.3. The maximum absolute atomic E-state index is 12.7. The summed E-state index contributed by atoms with van der Waals surface area (Å²) in [6.07, 6.45) is 0.0636. The van der Waals surface area contributed by atoms with Crippen molar-refractivity contribution in [1.29, 1.82) is 0 Å². The molecule has 0 saturated carbocycles. The van der Waals surface area contributed by atoms with Gasteiger partial charge in [-0.05, 0) is 18.6 Å². The Kier molecular flexibility index (Phi) is 6.79. The Balaban J connectivity index is 1.58. The van der Waals surface area contributed by atoms with Crippen LogP contribution in [-0.2, 0) is 19.0 Å². The van der Waals surface area contributed by atoms with E-state index < -0.39 is 36.1 Å². The molecule has 1 aromatic carbocycles. The maximum Gasteiger partial charge on any atom is 0.184 e. The van der Waals surface area contributed by atoms with Crippen LogP contribution in [0.2, 0.25) is 0 Å². The Hall–Kier alpha value is -1.71. The van der Waals surface area contributed by atoms with Gasteiger partial charge in [-0.15, -0.1) is 11.8 Å². The van der Waals surface area contributed by atoms with E-state index in [4.69, 9.17) is 19.2 Å². The van der Waals surface area contributed by atoms with Gasteiger partial charge in [0.1, 0.15) is 35.5 Å². The zero-order valence-electron chi connectivity index (χ0n) is 18.9. The van der Waals surface area contributed by atoms with Crippen molar-refractivity contribution in [1.82, 2.24) is 0 Å². The third kappa shape index (κ3) is 4.65. The van der Waals surface area contributed by atoms with Crippen LogP contribution in [0.5, 0.6) is 0 Å². The lowest BCUT2D eigenvalue weighted by molar-refractivity contribution is -0.305. The average Bonchev–Trinajstić information content (AvgIpc) is 2.74. The number of aliphatic hydroxyl groups excluding tert-OH is 2.